The van der Waals surface area contributed by atoms with E-state index in [1.165, 1.54) is 48.9 Å². The zero-order valence-electron chi connectivity index (χ0n) is 12.4. The fraction of sp³-hybridized carbons (Fsp3) is 0.471. The molecule has 3 heteroatoms. The highest BCUT2D eigenvalue weighted by Gasteiger charge is 2.25. The van der Waals surface area contributed by atoms with Gasteiger partial charge in [0, 0.05) is 18.5 Å². The number of nitrogens with two attached hydrogens (primary N) is 1. The van der Waals surface area contributed by atoms with Gasteiger partial charge >= 0.3 is 0 Å². The highest BCUT2D eigenvalue weighted by atomic mass is 15.3. The van der Waals surface area contributed by atoms with E-state index >= 15 is 0 Å². The summed E-state index contributed by atoms with van der Waals surface area (Å²) in [6.07, 6.45) is 6.48. The van der Waals surface area contributed by atoms with Gasteiger partial charge in [0.2, 0.25) is 0 Å². The Labute approximate surface area is 120 Å². The van der Waals surface area contributed by atoms with Gasteiger partial charge in [-0.15, -0.1) is 0 Å². The molecule has 1 fully saturated rings. The first-order chi connectivity index (χ1) is 9.68. The smallest absolute Gasteiger partial charge is 0.129 e. The number of rotatable bonds is 2. The van der Waals surface area contributed by atoms with Crippen molar-refractivity contribution >= 4 is 5.82 Å². The Bertz CT molecular complexity index is 607. The van der Waals surface area contributed by atoms with E-state index in [0.29, 0.717) is 5.92 Å². The minimum atomic E-state index is 0.571. The van der Waals surface area contributed by atoms with Gasteiger partial charge in [-0.25, -0.2) is 0 Å². The summed E-state index contributed by atoms with van der Waals surface area (Å²) in [7, 11) is 1.95. The highest BCUT2D eigenvalue weighted by molar-refractivity contribution is 5.79. The molecule has 0 radical (unpaired) electrons. The molecule has 0 unspecified atom stereocenters. The minimum Gasteiger partial charge on any atom is -0.383 e. The van der Waals surface area contributed by atoms with Crippen molar-refractivity contribution in [1.82, 2.24) is 9.78 Å². The molecular formula is C17H23N3. The summed E-state index contributed by atoms with van der Waals surface area (Å²) in [5.41, 5.74) is 11.2. The monoisotopic (exact) mass is 269 g/mol. The molecule has 0 amide bonds. The molecular weight excluding hydrogens is 246 g/mol. The molecule has 2 N–H and O–H groups in total. The van der Waals surface area contributed by atoms with Gasteiger partial charge in [-0.05, 0) is 30.9 Å². The van der Waals surface area contributed by atoms with Crippen LogP contribution >= 0.6 is 0 Å². The van der Waals surface area contributed by atoms with Crippen molar-refractivity contribution in [3.8, 4) is 11.1 Å². The van der Waals surface area contributed by atoms with E-state index in [2.05, 4.69) is 31.2 Å². The largest absolute Gasteiger partial charge is 0.383 e. The Morgan fingerprint density at radius 2 is 1.85 bits per heavy atom. The number of hydrogen-bond acceptors (Lipinski definition) is 2. The maximum atomic E-state index is 6.31. The summed E-state index contributed by atoms with van der Waals surface area (Å²) in [4.78, 5) is 0. The van der Waals surface area contributed by atoms with Crippen LogP contribution in [0.4, 0.5) is 5.82 Å². The Morgan fingerprint density at radius 1 is 1.15 bits per heavy atom. The lowest BCUT2D eigenvalue weighted by Gasteiger charge is -2.21. The van der Waals surface area contributed by atoms with Crippen molar-refractivity contribution in [2.45, 2.75) is 44.9 Å². The molecule has 0 atom stereocenters. The molecule has 1 saturated carbocycles. The van der Waals surface area contributed by atoms with Crippen molar-refractivity contribution in [3.63, 3.8) is 0 Å². The predicted molar refractivity (Wildman–Crippen MR) is 83.6 cm³/mol. The van der Waals surface area contributed by atoms with E-state index in [1.807, 2.05) is 11.7 Å². The summed E-state index contributed by atoms with van der Waals surface area (Å²) in [5.74, 6) is 1.36. The number of hydrogen-bond donors (Lipinski definition) is 1. The molecule has 0 bridgehead atoms. The van der Waals surface area contributed by atoms with Crippen molar-refractivity contribution < 1.29 is 0 Å². The molecule has 106 valence electrons. The van der Waals surface area contributed by atoms with Crippen molar-refractivity contribution in [1.29, 1.82) is 0 Å². The molecule has 1 aromatic heterocycles. The zero-order valence-corrected chi connectivity index (χ0v) is 12.4. The van der Waals surface area contributed by atoms with Crippen LogP contribution in [0.25, 0.3) is 11.1 Å². The third-order valence-corrected chi connectivity index (χ3v) is 4.52. The summed E-state index contributed by atoms with van der Waals surface area (Å²) < 4.78 is 1.84. The van der Waals surface area contributed by atoms with Crippen molar-refractivity contribution in [2.24, 2.45) is 7.05 Å². The van der Waals surface area contributed by atoms with E-state index in [4.69, 9.17) is 10.8 Å². The van der Waals surface area contributed by atoms with Crippen LogP contribution in [0.2, 0.25) is 0 Å². The summed E-state index contributed by atoms with van der Waals surface area (Å²) in [6, 6.07) is 8.46. The highest BCUT2D eigenvalue weighted by Crippen LogP contribution is 2.40. The van der Waals surface area contributed by atoms with Gasteiger partial charge < -0.3 is 5.73 Å². The lowest BCUT2D eigenvalue weighted by Crippen LogP contribution is -2.07. The SMILES string of the molecule is Cc1ccccc1-c1c(C2CCCCC2)nn(C)c1N. The van der Waals surface area contributed by atoms with Crippen LogP contribution in [0.5, 0.6) is 0 Å². The normalized spacial score (nSPS) is 16.5. The average Bonchev–Trinajstić information content (AvgIpc) is 2.77. The van der Waals surface area contributed by atoms with Crippen LogP contribution in [0.1, 0.15) is 49.3 Å². The van der Waals surface area contributed by atoms with Gasteiger partial charge in [0.05, 0.1) is 5.69 Å². The van der Waals surface area contributed by atoms with Gasteiger partial charge in [-0.3, -0.25) is 4.68 Å². The number of benzene rings is 1. The van der Waals surface area contributed by atoms with Gasteiger partial charge in [0.25, 0.3) is 0 Å². The quantitative estimate of drug-likeness (QED) is 0.894. The Kier molecular flexibility index (Phi) is 3.51. The molecule has 0 aliphatic heterocycles. The van der Waals surface area contributed by atoms with Crippen LogP contribution < -0.4 is 5.73 Å². The van der Waals surface area contributed by atoms with E-state index in [-0.39, 0.29) is 0 Å². The fourth-order valence-electron chi connectivity index (χ4n) is 3.35. The first-order valence-corrected chi connectivity index (χ1v) is 7.57. The number of nitrogens with zero attached hydrogens (tertiary/aromatic N) is 2. The second-order valence-electron chi connectivity index (χ2n) is 5.92. The second-order valence-corrected chi connectivity index (χ2v) is 5.92. The summed E-state index contributed by atoms with van der Waals surface area (Å²) >= 11 is 0. The third kappa shape index (κ3) is 2.21. The molecule has 2 aromatic rings. The second kappa shape index (κ2) is 5.31. The summed E-state index contributed by atoms with van der Waals surface area (Å²) in [6.45, 7) is 2.15. The Hall–Kier alpha value is -1.77. The number of aryl methyl sites for hydroxylation is 2. The number of nitrogen functional groups attached to an aromatic ring is 1. The molecule has 3 rings (SSSR count). The lowest BCUT2D eigenvalue weighted by atomic mass is 9.84. The number of anilines is 1. The summed E-state index contributed by atoms with van der Waals surface area (Å²) in [5, 5.41) is 4.74. The van der Waals surface area contributed by atoms with E-state index < -0.39 is 0 Å². The maximum absolute atomic E-state index is 6.31. The molecule has 0 spiro atoms. The van der Waals surface area contributed by atoms with Crippen LogP contribution in [-0.4, -0.2) is 9.78 Å². The Balaban J connectivity index is 2.12. The van der Waals surface area contributed by atoms with Crippen LogP contribution in [0, 0.1) is 6.92 Å². The topological polar surface area (TPSA) is 43.8 Å². The van der Waals surface area contributed by atoms with Gasteiger partial charge in [0.15, 0.2) is 0 Å². The molecule has 1 aliphatic rings. The minimum absolute atomic E-state index is 0.571. The van der Waals surface area contributed by atoms with Crippen LogP contribution in [-0.2, 0) is 7.05 Å². The third-order valence-electron chi connectivity index (χ3n) is 4.52. The van der Waals surface area contributed by atoms with E-state index in [1.54, 1.807) is 0 Å². The van der Waals surface area contributed by atoms with Crippen molar-refractivity contribution in [3.05, 3.63) is 35.5 Å². The van der Waals surface area contributed by atoms with E-state index in [0.717, 1.165) is 11.4 Å². The first-order valence-electron chi connectivity index (χ1n) is 7.57. The standard InChI is InChI=1S/C17H23N3/c1-12-8-6-7-11-14(12)15-16(19-20(2)17(15)18)13-9-4-3-5-10-13/h6-8,11,13H,3-5,9-10,18H2,1-2H3. The molecule has 1 aliphatic carbocycles. The molecule has 3 nitrogen and oxygen atoms in total. The number of aromatic nitrogens is 2. The van der Waals surface area contributed by atoms with E-state index in [9.17, 15) is 0 Å². The average molecular weight is 269 g/mol. The van der Waals surface area contributed by atoms with Gasteiger partial charge in [-0.2, -0.15) is 5.10 Å². The molecule has 1 heterocycles. The van der Waals surface area contributed by atoms with Crippen LogP contribution in [0.3, 0.4) is 0 Å². The lowest BCUT2D eigenvalue weighted by molar-refractivity contribution is 0.434. The fourth-order valence-corrected chi connectivity index (χ4v) is 3.35. The maximum Gasteiger partial charge on any atom is 0.129 e. The zero-order chi connectivity index (χ0) is 14.1. The first kappa shape index (κ1) is 13.2. The van der Waals surface area contributed by atoms with Crippen molar-refractivity contribution in [2.75, 3.05) is 5.73 Å². The predicted octanol–water partition coefficient (Wildman–Crippen LogP) is 4.03. The van der Waals surface area contributed by atoms with Gasteiger partial charge in [-0.1, -0.05) is 43.5 Å². The van der Waals surface area contributed by atoms with Crippen LogP contribution in [0.15, 0.2) is 24.3 Å². The molecule has 1 aromatic carbocycles. The molecule has 0 saturated heterocycles. The van der Waals surface area contributed by atoms with Gasteiger partial charge in [0.1, 0.15) is 5.82 Å². The molecule has 20 heavy (non-hydrogen) atoms. The Morgan fingerprint density at radius 3 is 2.55 bits per heavy atom.